The highest BCUT2D eigenvalue weighted by atomic mass is 32.2. The maximum atomic E-state index is 12.8. The third kappa shape index (κ3) is 3.64. The van der Waals surface area contributed by atoms with Crippen LogP contribution in [0, 0.1) is 0 Å². The Morgan fingerprint density at radius 2 is 1.74 bits per heavy atom. The number of hydrogen-bond acceptors (Lipinski definition) is 2. The number of hydrogen-bond donors (Lipinski definition) is 1. The average molecular weight is 285 g/mol. The summed E-state index contributed by atoms with van der Waals surface area (Å²) >= 11 is 0.830. The summed E-state index contributed by atoms with van der Waals surface area (Å²) in [7, 11) is 0. The van der Waals surface area contributed by atoms with Crippen molar-refractivity contribution in [2.75, 3.05) is 6.54 Å². The minimum atomic E-state index is -4.23. The monoisotopic (exact) mass is 285 g/mol. The summed E-state index contributed by atoms with van der Waals surface area (Å²) in [5.74, 6) is 0. The summed E-state index contributed by atoms with van der Waals surface area (Å²) in [5.41, 5.74) is 5.26. The summed E-state index contributed by atoms with van der Waals surface area (Å²) in [4.78, 5) is 0.620. The number of nitrogens with two attached hydrogens (primary N) is 1. The molecule has 19 heavy (non-hydrogen) atoms. The Kier molecular flexibility index (Phi) is 4.37. The number of thioether (sulfide) groups is 1. The van der Waals surface area contributed by atoms with Gasteiger partial charge < -0.3 is 5.73 Å². The first-order valence-electron chi connectivity index (χ1n) is 5.93. The van der Waals surface area contributed by atoms with E-state index in [0.717, 1.165) is 22.5 Å². The van der Waals surface area contributed by atoms with Crippen molar-refractivity contribution in [2.24, 2.45) is 5.73 Å². The SMILES string of the molecule is NCCC(Sc1ccc2ccccc2c1)C(F)(F)F. The van der Waals surface area contributed by atoms with Gasteiger partial charge in [0, 0.05) is 4.90 Å². The third-order valence-electron chi connectivity index (χ3n) is 2.79. The van der Waals surface area contributed by atoms with Crippen molar-refractivity contribution in [2.45, 2.75) is 22.7 Å². The van der Waals surface area contributed by atoms with Crippen LogP contribution in [0.25, 0.3) is 10.8 Å². The number of rotatable bonds is 4. The summed E-state index contributed by atoms with van der Waals surface area (Å²) < 4.78 is 38.5. The van der Waals surface area contributed by atoms with Gasteiger partial charge in [-0.1, -0.05) is 30.3 Å². The zero-order chi connectivity index (χ0) is 13.9. The van der Waals surface area contributed by atoms with Crippen LogP contribution in [0.3, 0.4) is 0 Å². The second kappa shape index (κ2) is 5.84. The highest BCUT2D eigenvalue weighted by Crippen LogP contribution is 2.37. The van der Waals surface area contributed by atoms with E-state index in [1.165, 1.54) is 0 Å². The van der Waals surface area contributed by atoms with Gasteiger partial charge in [0.25, 0.3) is 0 Å². The lowest BCUT2D eigenvalue weighted by molar-refractivity contribution is -0.129. The van der Waals surface area contributed by atoms with Gasteiger partial charge in [-0.05, 0) is 35.9 Å². The maximum Gasteiger partial charge on any atom is 0.400 e. The van der Waals surface area contributed by atoms with Gasteiger partial charge in [0.15, 0.2) is 0 Å². The van der Waals surface area contributed by atoms with Crippen LogP contribution in [0.15, 0.2) is 47.4 Å². The molecular formula is C14H14F3NS. The van der Waals surface area contributed by atoms with E-state index in [1.54, 1.807) is 12.1 Å². The van der Waals surface area contributed by atoms with Crippen molar-refractivity contribution in [1.29, 1.82) is 0 Å². The lowest BCUT2D eigenvalue weighted by atomic mass is 10.1. The topological polar surface area (TPSA) is 26.0 Å². The van der Waals surface area contributed by atoms with Gasteiger partial charge in [0.1, 0.15) is 5.25 Å². The molecule has 0 spiro atoms. The molecule has 102 valence electrons. The lowest BCUT2D eigenvalue weighted by Gasteiger charge is -2.19. The first-order valence-corrected chi connectivity index (χ1v) is 6.81. The Bertz CT molecular complexity index is 554. The molecule has 2 rings (SSSR count). The summed E-state index contributed by atoms with van der Waals surface area (Å²) in [6.45, 7) is 0.0325. The Hall–Kier alpha value is -1.20. The van der Waals surface area contributed by atoms with Crippen molar-refractivity contribution in [3.8, 4) is 0 Å². The van der Waals surface area contributed by atoms with Crippen LogP contribution in [0.4, 0.5) is 13.2 Å². The fourth-order valence-corrected chi connectivity index (χ4v) is 2.90. The highest BCUT2D eigenvalue weighted by Gasteiger charge is 2.39. The van der Waals surface area contributed by atoms with Gasteiger partial charge in [-0.25, -0.2) is 0 Å². The Morgan fingerprint density at radius 1 is 1.05 bits per heavy atom. The van der Waals surface area contributed by atoms with Crippen LogP contribution in [0.1, 0.15) is 6.42 Å². The summed E-state index contributed by atoms with van der Waals surface area (Å²) in [5, 5.41) is 0.522. The first kappa shape index (κ1) is 14.2. The van der Waals surface area contributed by atoms with Crippen molar-refractivity contribution in [1.82, 2.24) is 0 Å². The molecule has 5 heteroatoms. The Morgan fingerprint density at radius 3 is 2.37 bits per heavy atom. The zero-order valence-corrected chi connectivity index (χ0v) is 11.0. The minimum Gasteiger partial charge on any atom is -0.330 e. The van der Waals surface area contributed by atoms with Gasteiger partial charge in [-0.2, -0.15) is 13.2 Å². The smallest absolute Gasteiger partial charge is 0.330 e. The molecule has 2 N–H and O–H groups in total. The normalized spacial score (nSPS) is 13.7. The Balaban J connectivity index is 2.23. The van der Waals surface area contributed by atoms with E-state index in [0.29, 0.717) is 4.90 Å². The van der Waals surface area contributed by atoms with Crippen LogP contribution in [-0.2, 0) is 0 Å². The van der Waals surface area contributed by atoms with Crippen molar-refractivity contribution in [3.05, 3.63) is 42.5 Å². The van der Waals surface area contributed by atoms with Crippen molar-refractivity contribution >= 4 is 22.5 Å². The molecule has 0 bridgehead atoms. The number of alkyl halides is 3. The van der Waals surface area contributed by atoms with E-state index in [9.17, 15) is 13.2 Å². The lowest BCUT2D eigenvalue weighted by Crippen LogP contribution is -2.28. The predicted molar refractivity (Wildman–Crippen MR) is 73.3 cm³/mol. The fraction of sp³-hybridized carbons (Fsp3) is 0.286. The summed E-state index contributed by atoms with van der Waals surface area (Å²) in [6, 6.07) is 13.0. The average Bonchev–Trinajstić information content (AvgIpc) is 2.37. The molecule has 2 aromatic carbocycles. The van der Waals surface area contributed by atoms with E-state index in [4.69, 9.17) is 5.73 Å². The molecule has 0 aliphatic rings. The van der Waals surface area contributed by atoms with Gasteiger partial charge >= 0.3 is 6.18 Å². The third-order valence-corrected chi connectivity index (χ3v) is 4.11. The number of fused-ring (bicyclic) bond motifs is 1. The predicted octanol–water partition coefficient (Wildman–Crippen LogP) is 4.21. The molecule has 0 heterocycles. The van der Waals surface area contributed by atoms with Crippen LogP contribution in [0.5, 0.6) is 0 Å². The molecule has 0 fully saturated rings. The Labute approximate surface area is 114 Å². The van der Waals surface area contributed by atoms with Crippen molar-refractivity contribution < 1.29 is 13.2 Å². The molecule has 0 aliphatic heterocycles. The van der Waals surface area contributed by atoms with E-state index >= 15 is 0 Å². The van der Waals surface area contributed by atoms with Crippen LogP contribution < -0.4 is 5.73 Å². The van der Waals surface area contributed by atoms with Crippen molar-refractivity contribution in [3.63, 3.8) is 0 Å². The largest absolute Gasteiger partial charge is 0.400 e. The van der Waals surface area contributed by atoms with E-state index in [-0.39, 0.29) is 13.0 Å². The number of halogens is 3. The highest BCUT2D eigenvalue weighted by molar-refractivity contribution is 8.00. The van der Waals surface area contributed by atoms with Crippen LogP contribution in [0.2, 0.25) is 0 Å². The molecule has 0 aliphatic carbocycles. The molecule has 0 amide bonds. The molecule has 0 saturated carbocycles. The first-order chi connectivity index (χ1) is 9.00. The minimum absolute atomic E-state index is 0.0325. The van der Waals surface area contributed by atoms with E-state index in [1.807, 2.05) is 30.3 Å². The molecule has 0 radical (unpaired) electrons. The molecule has 1 nitrogen and oxygen atoms in total. The zero-order valence-electron chi connectivity index (χ0n) is 10.2. The maximum absolute atomic E-state index is 12.8. The van der Waals surface area contributed by atoms with E-state index < -0.39 is 11.4 Å². The van der Waals surface area contributed by atoms with E-state index in [2.05, 4.69) is 0 Å². The fourth-order valence-electron chi connectivity index (χ4n) is 1.85. The van der Waals surface area contributed by atoms with Gasteiger partial charge in [0.05, 0.1) is 0 Å². The standard InChI is InChI=1S/C14H14F3NS/c15-14(16,17)13(7-8-18)19-12-6-5-10-3-1-2-4-11(10)9-12/h1-6,9,13H,7-8,18H2. The molecule has 0 saturated heterocycles. The molecule has 1 atom stereocenters. The van der Waals surface area contributed by atoms with Crippen LogP contribution >= 0.6 is 11.8 Å². The second-order valence-corrected chi connectivity index (χ2v) is 5.51. The van der Waals surface area contributed by atoms with Gasteiger partial charge in [0.2, 0.25) is 0 Å². The summed E-state index contributed by atoms with van der Waals surface area (Å²) in [6.07, 6.45) is -4.29. The van der Waals surface area contributed by atoms with Gasteiger partial charge in [-0.15, -0.1) is 11.8 Å². The molecule has 0 aromatic heterocycles. The van der Waals surface area contributed by atoms with Crippen LogP contribution in [-0.4, -0.2) is 18.0 Å². The quantitative estimate of drug-likeness (QED) is 0.851. The molecule has 1 unspecified atom stereocenters. The van der Waals surface area contributed by atoms with Gasteiger partial charge in [-0.3, -0.25) is 0 Å². The number of benzene rings is 2. The molecule has 2 aromatic rings. The second-order valence-electron chi connectivity index (χ2n) is 4.23. The molecular weight excluding hydrogens is 271 g/mol.